The molecule has 0 heterocycles. The van der Waals surface area contributed by atoms with Crippen molar-refractivity contribution in [2.24, 2.45) is 59.2 Å². The topological polar surface area (TPSA) is 0 Å². The summed E-state index contributed by atoms with van der Waals surface area (Å²) in [5, 5.41) is 0. The molecule has 0 aromatic carbocycles. The number of hydrogen-bond donors (Lipinski definition) is 0. The summed E-state index contributed by atoms with van der Waals surface area (Å²) in [7, 11) is 0. The van der Waals surface area contributed by atoms with Gasteiger partial charge in [-0.25, -0.2) is 0 Å². The maximum absolute atomic E-state index is 2.51. The van der Waals surface area contributed by atoms with Crippen molar-refractivity contribution in [3.05, 3.63) is 33.5 Å². The van der Waals surface area contributed by atoms with Gasteiger partial charge in [0.1, 0.15) is 0 Å². The molecule has 2 aliphatic carbocycles. The van der Waals surface area contributed by atoms with Crippen LogP contribution in [-0.4, -0.2) is 44.2 Å². The Kier molecular flexibility index (Phi) is 11.4. The Morgan fingerprint density at radius 1 is 0.371 bits per heavy atom. The predicted molar refractivity (Wildman–Crippen MR) is 160 cm³/mol. The molecular formula is C34H58Ba. The van der Waals surface area contributed by atoms with Gasteiger partial charge in [-0.05, 0) is 0 Å². The molecule has 0 spiro atoms. The van der Waals surface area contributed by atoms with Crippen molar-refractivity contribution in [1.82, 2.24) is 0 Å². The first-order valence-corrected chi connectivity index (χ1v) is 19.4. The van der Waals surface area contributed by atoms with Crippen LogP contribution >= 0.6 is 0 Å². The minimum absolute atomic E-state index is 0.621. The molecule has 0 saturated heterocycles. The van der Waals surface area contributed by atoms with E-state index >= 15 is 0 Å². The third-order valence-corrected chi connectivity index (χ3v) is 16.1. The molecule has 0 N–H and O–H groups in total. The molecule has 0 aromatic heterocycles. The van der Waals surface area contributed by atoms with Crippen LogP contribution in [0.1, 0.15) is 111 Å². The molecule has 1 heteroatoms. The summed E-state index contributed by atoms with van der Waals surface area (Å²) in [5.41, 5.74) is 10.8. The zero-order valence-electron chi connectivity index (χ0n) is 26.5. The summed E-state index contributed by atoms with van der Waals surface area (Å²) in [6, 6.07) is 0. The first-order valence-electron chi connectivity index (χ1n) is 15.0. The van der Waals surface area contributed by atoms with Crippen molar-refractivity contribution < 1.29 is 0 Å². The fourth-order valence-corrected chi connectivity index (χ4v) is 19.8. The van der Waals surface area contributed by atoms with Crippen LogP contribution in [0.4, 0.5) is 0 Å². The second-order valence-corrected chi connectivity index (χ2v) is 20.1. The second-order valence-electron chi connectivity index (χ2n) is 14.2. The molecule has 0 radical (unpaired) electrons. The van der Waals surface area contributed by atoms with Gasteiger partial charge < -0.3 is 0 Å². The van der Waals surface area contributed by atoms with Gasteiger partial charge in [-0.1, -0.05) is 0 Å². The van der Waals surface area contributed by atoms with Gasteiger partial charge in [0.2, 0.25) is 0 Å². The van der Waals surface area contributed by atoms with E-state index in [0.717, 1.165) is 0 Å². The standard InChI is InChI=1S/2C17H29.Ba/c2*1-10(2)14-9-15(11(3)4)17(13(7)8)16(14)12(5)6;/h2*10-14H,1-8H3;. The third-order valence-electron chi connectivity index (χ3n) is 8.58. The number of rotatable bonds is 10. The van der Waals surface area contributed by atoms with Crippen molar-refractivity contribution in [3.63, 3.8) is 0 Å². The van der Waals surface area contributed by atoms with Crippen LogP contribution in [0, 0.1) is 59.2 Å². The summed E-state index contributed by atoms with van der Waals surface area (Å²) < 4.78 is 3.99. The zero-order valence-corrected chi connectivity index (χ0v) is 30.9. The summed E-state index contributed by atoms with van der Waals surface area (Å²) in [4.78, 5) is 0. The average Bonchev–Trinajstić information content (AvgIpc) is 3.22. The van der Waals surface area contributed by atoms with Crippen LogP contribution in [0.3, 0.4) is 0 Å². The van der Waals surface area contributed by atoms with Crippen LogP contribution in [-0.2, 0) is 0 Å². The molecule has 2 unspecified atom stereocenters. The van der Waals surface area contributed by atoms with Crippen LogP contribution in [0.25, 0.3) is 0 Å². The fraction of sp³-hybridized carbons (Fsp3) is 0.765. The van der Waals surface area contributed by atoms with E-state index in [1.807, 2.05) is 11.2 Å². The van der Waals surface area contributed by atoms with Crippen LogP contribution in [0.15, 0.2) is 33.5 Å². The predicted octanol–water partition coefficient (Wildman–Crippen LogP) is 10.3. The Morgan fingerprint density at radius 3 is 0.800 bits per heavy atom. The van der Waals surface area contributed by atoms with Gasteiger partial charge >= 0.3 is 248 Å². The van der Waals surface area contributed by atoms with Crippen molar-refractivity contribution in [1.29, 1.82) is 0 Å². The van der Waals surface area contributed by atoms with Crippen molar-refractivity contribution in [2.45, 2.75) is 111 Å². The van der Waals surface area contributed by atoms with E-state index in [9.17, 15) is 0 Å². The summed E-state index contributed by atoms with van der Waals surface area (Å²) in [6.07, 6.45) is 0. The molecule has 0 aromatic rings. The van der Waals surface area contributed by atoms with E-state index < -0.39 is 44.2 Å². The van der Waals surface area contributed by atoms with Crippen LogP contribution < -0.4 is 0 Å². The van der Waals surface area contributed by atoms with E-state index in [4.69, 9.17) is 0 Å². The van der Waals surface area contributed by atoms with Crippen LogP contribution in [0.2, 0.25) is 0 Å². The molecule has 2 rings (SSSR count). The van der Waals surface area contributed by atoms with Crippen molar-refractivity contribution in [3.8, 4) is 0 Å². The SMILES string of the molecule is CC(C)C1=[C]([Ba][C]2=C(C(C)C)C(C(C)C)=C(C(C)C)C2C(C)C)C(C(C)C)C(C(C)C)=C1C(C)C. The molecule has 0 fully saturated rings. The quantitative estimate of drug-likeness (QED) is 0.218. The normalized spacial score (nSPS) is 22.1. The van der Waals surface area contributed by atoms with E-state index in [1.165, 1.54) is 0 Å². The van der Waals surface area contributed by atoms with Crippen LogP contribution in [0.5, 0.6) is 0 Å². The summed E-state index contributed by atoms with van der Waals surface area (Å²) in [6.45, 7) is 39.6. The Morgan fingerprint density at radius 2 is 0.629 bits per heavy atom. The molecule has 196 valence electrons. The molecule has 2 atom stereocenters. The van der Waals surface area contributed by atoms with Gasteiger partial charge in [0.05, 0.1) is 0 Å². The summed E-state index contributed by atoms with van der Waals surface area (Å²) in [5.74, 6) is 6.53. The number of allylic oxidation sites excluding steroid dienone is 8. The van der Waals surface area contributed by atoms with E-state index in [2.05, 4.69) is 111 Å². The van der Waals surface area contributed by atoms with Crippen molar-refractivity contribution in [2.75, 3.05) is 0 Å². The van der Waals surface area contributed by atoms with Gasteiger partial charge in [0.25, 0.3) is 0 Å². The minimum atomic E-state index is -1.62. The molecule has 0 aliphatic heterocycles. The molecule has 0 nitrogen and oxygen atoms in total. The second kappa shape index (κ2) is 12.6. The van der Waals surface area contributed by atoms with E-state index in [1.54, 1.807) is 22.3 Å². The molecule has 2 aliphatic rings. The Labute approximate surface area is 245 Å². The van der Waals surface area contributed by atoms with Gasteiger partial charge in [-0.15, -0.1) is 0 Å². The Bertz CT molecular complexity index is 819. The van der Waals surface area contributed by atoms with E-state index in [0.29, 0.717) is 59.2 Å². The van der Waals surface area contributed by atoms with Gasteiger partial charge in [0, 0.05) is 0 Å². The van der Waals surface area contributed by atoms with Gasteiger partial charge in [-0.3, -0.25) is 0 Å². The molecule has 35 heavy (non-hydrogen) atoms. The fourth-order valence-electron chi connectivity index (χ4n) is 7.83. The average molecular weight is 604 g/mol. The molecule has 0 saturated carbocycles. The maximum atomic E-state index is 2.51. The Hall–Kier alpha value is 0.531. The third kappa shape index (κ3) is 6.24. The molecular weight excluding hydrogens is 546 g/mol. The summed E-state index contributed by atoms with van der Waals surface area (Å²) >= 11 is -1.62. The Balaban J connectivity index is 2.89. The van der Waals surface area contributed by atoms with Crippen molar-refractivity contribution >= 4 is 44.2 Å². The van der Waals surface area contributed by atoms with Gasteiger partial charge in [-0.2, -0.15) is 0 Å². The van der Waals surface area contributed by atoms with E-state index in [-0.39, 0.29) is 0 Å². The molecule has 0 bridgehead atoms. The first kappa shape index (κ1) is 31.7. The number of hydrogen-bond acceptors (Lipinski definition) is 0. The van der Waals surface area contributed by atoms with Gasteiger partial charge in [0.15, 0.2) is 0 Å². The first-order chi connectivity index (χ1) is 16.1. The monoisotopic (exact) mass is 604 g/mol. The molecule has 0 amide bonds. The zero-order chi connectivity index (χ0) is 27.1.